The van der Waals surface area contributed by atoms with Crippen LogP contribution in [-0.2, 0) is 4.79 Å². The minimum Gasteiger partial charge on any atom is -0.372 e. The van der Waals surface area contributed by atoms with Gasteiger partial charge >= 0.3 is 0 Å². The van der Waals surface area contributed by atoms with E-state index in [1.54, 1.807) is 6.92 Å². The zero-order chi connectivity index (χ0) is 36.7. The molecule has 0 radical (unpaired) electrons. The molecule has 2 unspecified atom stereocenters. The van der Waals surface area contributed by atoms with Crippen LogP contribution in [0.3, 0.4) is 0 Å². The van der Waals surface area contributed by atoms with Crippen LogP contribution in [0.1, 0.15) is 62.3 Å². The van der Waals surface area contributed by atoms with Gasteiger partial charge in [-0.1, -0.05) is 17.8 Å². The molecule has 0 bridgehead atoms. The fourth-order valence-corrected chi connectivity index (χ4v) is 9.65. The molecule has 0 fully saturated rings. The molecular formula is C42H58N6OS2. The molecule has 3 aromatic carbocycles. The van der Waals surface area contributed by atoms with Crippen molar-refractivity contribution in [2.45, 2.75) is 88.3 Å². The van der Waals surface area contributed by atoms with Crippen molar-refractivity contribution in [1.82, 2.24) is 4.90 Å². The number of likely N-dealkylation sites (N-methyl/N-ethyl adjacent to an activating group) is 1. The van der Waals surface area contributed by atoms with E-state index in [2.05, 4.69) is 153 Å². The van der Waals surface area contributed by atoms with Crippen LogP contribution in [0, 0.1) is 0 Å². The molecule has 1 amide bonds. The Morgan fingerprint density at radius 3 is 1.55 bits per heavy atom. The molecule has 9 heteroatoms. The largest absolute Gasteiger partial charge is 0.372 e. The molecule has 1 aliphatic carbocycles. The van der Waals surface area contributed by atoms with Crippen molar-refractivity contribution >= 4 is 63.6 Å². The number of hydrogen-bond acceptors (Lipinski definition) is 8. The van der Waals surface area contributed by atoms with E-state index in [0.717, 1.165) is 58.0 Å². The van der Waals surface area contributed by atoms with E-state index in [4.69, 9.17) is 0 Å². The van der Waals surface area contributed by atoms with Crippen molar-refractivity contribution < 1.29 is 4.79 Å². The van der Waals surface area contributed by atoms with E-state index >= 15 is 0 Å². The minimum absolute atomic E-state index is 0.0821. The molecule has 274 valence electrons. The molecule has 51 heavy (non-hydrogen) atoms. The third kappa shape index (κ3) is 8.36. The predicted molar refractivity (Wildman–Crippen MR) is 224 cm³/mol. The number of carbonyl (C=O) groups excluding carboxylic acids is 1. The number of nitrogens with one attached hydrogen (secondary N) is 1. The van der Waals surface area contributed by atoms with E-state index in [-0.39, 0.29) is 17.2 Å². The number of nitrogens with zero attached hydrogens (tertiary/aromatic N) is 5. The molecule has 7 nitrogen and oxygen atoms in total. The second kappa shape index (κ2) is 17.7. The lowest BCUT2D eigenvalue weighted by atomic mass is 10.0. The molecule has 0 spiro atoms. The summed E-state index contributed by atoms with van der Waals surface area (Å²) in [6.45, 7) is 27.3. The van der Waals surface area contributed by atoms with Gasteiger partial charge in [-0.3, -0.25) is 4.79 Å². The summed E-state index contributed by atoms with van der Waals surface area (Å²) < 4.78 is 0. The van der Waals surface area contributed by atoms with Crippen molar-refractivity contribution in [3.8, 4) is 0 Å². The molecule has 0 aromatic heterocycles. The van der Waals surface area contributed by atoms with Gasteiger partial charge in [0, 0.05) is 96.7 Å². The molecular weight excluding hydrogens is 669 g/mol. The number of thioether (sulfide) groups is 1. The predicted octanol–water partition coefficient (Wildman–Crippen LogP) is 10.1. The molecule has 0 saturated heterocycles. The first kappa shape index (κ1) is 38.5. The zero-order valence-corrected chi connectivity index (χ0v) is 33.8. The zero-order valence-electron chi connectivity index (χ0n) is 32.2. The van der Waals surface area contributed by atoms with Gasteiger partial charge in [0.2, 0.25) is 5.91 Å². The summed E-state index contributed by atoms with van der Waals surface area (Å²) in [6, 6.07) is 20.1. The Bertz CT molecular complexity index is 1650. The molecule has 6 rings (SSSR count). The van der Waals surface area contributed by atoms with Crippen molar-refractivity contribution in [1.29, 1.82) is 0 Å². The third-order valence-electron chi connectivity index (χ3n) is 10.2. The maximum absolute atomic E-state index is 12.5. The van der Waals surface area contributed by atoms with Gasteiger partial charge in [0.05, 0.1) is 28.4 Å². The first-order chi connectivity index (χ1) is 24.7. The fourth-order valence-electron chi connectivity index (χ4n) is 7.27. The quantitative estimate of drug-likeness (QED) is 0.155. The van der Waals surface area contributed by atoms with Crippen molar-refractivity contribution in [2.75, 3.05) is 77.3 Å². The van der Waals surface area contributed by atoms with Gasteiger partial charge in [0.25, 0.3) is 0 Å². The molecule has 2 atom stereocenters. The monoisotopic (exact) mass is 726 g/mol. The van der Waals surface area contributed by atoms with Gasteiger partial charge in [-0.25, -0.2) is 0 Å². The lowest BCUT2D eigenvalue weighted by Gasteiger charge is -2.42. The van der Waals surface area contributed by atoms with E-state index in [1.165, 1.54) is 48.8 Å². The average Bonchev–Trinajstić information content (AvgIpc) is 3.15. The van der Waals surface area contributed by atoms with E-state index in [1.807, 2.05) is 28.4 Å². The lowest BCUT2D eigenvalue weighted by molar-refractivity contribution is -0.116. The van der Waals surface area contributed by atoms with E-state index in [0.29, 0.717) is 0 Å². The summed E-state index contributed by atoms with van der Waals surface area (Å²) in [5.74, 6) is 0.103. The van der Waals surface area contributed by atoms with Gasteiger partial charge in [-0.05, 0) is 122 Å². The first-order valence-electron chi connectivity index (χ1n) is 19.0. The Labute approximate surface area is 316 Å². The summed E-state index contributed by atoms with van der Waals surface area (Å²) in [7, 11) is 0. The van der Waals surface area contributed by atoms with Gasteiger partial charge < -0.3 is 29.8 Å². The number of carbonyl (C=O) groups is 1. The Hall–Kier alpha value is -3.69. The second-order valence-electron chi connectivity index (χ2n) is 12.8. The summed E-state index contributed by atoms with van der Waals surface area (Å²) in [4.78, 5) is 27.8. The van der Waals surface area contributed by atoms with Crippen LogP contribution < -0.4 is 24.9 Å². The number of fused-ring (bicyclic) bond motifs is 4. The second-order valence-corrected chi connectivity index (χ2v) is 15.1. The lowest BCUT2D eigenvalue weighted by Crippen LogP contribution is -2.47. The average molecular weight is 727 g/mol. The number of amides is 1. The Morgan fingerprint density at radius 1 is 0.647 bits per heavy atom. The molecule has 2 heterocycles. The maximum Gasteiger partial charge on any atom is 0.224 e. The van der Waals surface area contributed by atoms with Gasteiger partial charge in [-0.2, -0.15) is 0 Å². The Morgan fingerprint density at radius 2 is 1.10 bits per heavy atom. The van der Waals surface area contributed by atoms with Gasteiger partial charge in [-0.15, -0.1) is 11.8 Å². The number of hydrogen-bond donors (Lipinski definition) is 1. The Kier molecular flexibility index (Phi) is 13.4. The normalized spacial score (nSPS) is 16.6. The molecule has 3 aliphatic rings. The first-order valence-corrected chi connectivity index (χ1v) is 20.7. The summed E-state index contributed by atoms with van der Waals surface area (Å²) in [5.41, 5.74) is 8.55. The van der Waals surface area contributed by atoms with Crippen molar-refractivity contribution in [3.05, 3.63) is 78.5 Å². The topological polar surface area (TPSA) is 45.3 Å². The van der Waals surface area contributed by atoms with Crippen molar-refractivity contribution in [2.24, 2.45) is 0 Å². The van der Waals surface area contributed by atoms with Crippen LogP contribution >= 0.6 is 23.5 Å². The number of anilines is 6. The molecule has 2 aliphatic heterocycles. The standard InChI is InChI=1S/C22H31N3OS.C20H27N3S/c1-6-23(7-2)17-10-12-19-21(14-17)27-22-15-18(24(8-3)9-4)11-13-20(22)25(19)16(5)26;1-5-22(6-2)15-9-11-17-19(13-15)24-20-14-16(23(7-3)8-4)10-12-18(20)21-17/h10-15,19,21H,6-9H2,1-5H3;9-14,21H,5-8H2,1-4H3. The highest BCUT2D eigenvalue weighted by atomic mass is 32.2. The SMILES string of the molecule is CCN(CC)C1=CC2Sc3cc(N(CC)CC)ccc3N(C(C)=O)C2C=C1.CCN(CC)c1ccc2c(c1)Sc1cc(N(CC)CC)ccc1N2. The molecule has 1 N–H and O–H groups in total. The summed E-state index contributed by atoms with van der Waals surface area (Å²) in [6.07, 6.45) is 6.72. The Balaban J connectivity index is 0.000000199. The van der Waals surface area contributed by atoms with Crippen LogP contribution in [0.2, 0.25) is 0 Å². The van der Waals surface area contributed by atoms with Crippen LogP contribution in [0.4, 0.5) is 34.1 Å². The van der Waals surface area contributed by atoms with Crippen molar-refractivity contribution in [3.63, 3.8) is 0 Å². The fraction of sp³-hybridized carbons (Fsp3) is 0.452. The third-order valence-corrected chi connectivity index (χ3v) is 12.6. The van der Waals surface area contributed by atoms with Crippen LogP contribution in [0.25, 0.3) is 0 Å². The van der Waals surface area contributed by atoms with Crippen LogP contribution in [0.15, 0.2) is 93.2 Å². The number of rotatable bonds is 12. The highest BCUT2D eigenvalue weighted by Crippen LogP contribution is 2.47. The van der Waals surface area contributed by atoms with Crippen LogP contribution in [-0.4, -0.2) is 74.5 Å². The number of benzene rings is 3. The molecule has 0 saturated carbocycles. The smallest absolute Gasteiger partial charge is 0.224 e. The van der Waals surface area contributed by atoms with Crippen LogP contribution in [0.5, 0.6) is 0 Å². The maximum atomic E-state index is 12.5. The minimum atomic E-state index is 0.0821. The summed E-state index contributed by atoms with van der Waals surface area (Å²) >= 11 is 3.75. The molecule has 3 aromatic rings. The van der Waals surface area contributed by atoms with E-state index < -0.39 is 0 Å². The van der Waals surface area contributed by atoms with Gasteiger partial charge in [0.15, 0.2) is 0 Å². The highest BCUT2D eigenvalue weighted by Gasteiger charge is 2.37. The van der Waals surface area contributed by atoms with E-state index in [9.17, 15) is 4.79 Å². The highest BCUT2D eigenvalue weighted by molar-refractivity contribution is 8.00. The number of allylic oxidation sites excluding steroid dienone is 1. The van der Waals surface area contributed by atoms with Gasteiger partial charge in [0.1, 0.15) is 0 Å². The summed E-state index contributed by atoms with van der Waals surface area (Å²) in [5, 5.41) is 3.83.